The summed E-state index contributed by atoms with van der Waals surface area (Å²) in [4.78, 5) is 23.2. The molecule has 0 saturated carbocycles. The Kier molecular flexibility index (Phi) is 6.39. The molecule has 0 spiro atoms. The van der Waals surface area contributed by atoms with Crippen LogP contribution >= 0.6 is 0 Å². The normalized spacial score (nSPS) is 10.2. The SMILES string of the molecule is CNC(=O)Nc1ccc(NC(=O)COc2ccc(C(C)C)cc2)cc1. The van der Waals surface area contributed by atoms with Crippen molar-refractivity contribution in [2.75, 3.05) is 24.3 Å². The van der Waals surface area contributed by atoms with Gasteiger partial charge in [0, 0.05) is 18.4 Å². The maximum atomic E-state index is 12.0. The molecular weight excluding hydrogens is 318 g/mol. The van der Waals surface area contributed by atoms with E-state index >= 15 is 0 Å². The molecule has 6 heteroatoms. The lowest BCUT2D eigenvalue weighted by atomic mass is 10.0. The smallest absolute Gasteiger partial charge is 0.318 e. The van der Waals surface area contributed by atoms with Crippen molar-refractivity contribution in [1.29, 1.82) is 0 Å². The van der Waals surface area contributed by atoms with Crippen molar-refractivity contribution in [3.8, 4) is 5.75 Å². The van der Waals surface area contributed by atoms with Crippen molar-refractivity contribution in [3.63, 3.8) is 0 Å². The van der Waals surface area contributed by atoms with Gasteiger partial charge in [-0.1, -0.05) is 26.0 Å². The van der Waals surface area contributed by atoms with Crippen molar-refractivity contribution in [2.45, 2.75) is 19.8 Å². The number of rotatable bonds is 6. The second kappa shape index (κ2) is 8.73. The molecule has 0 aliphatic rings. The van der Waals surface area contributed by atoms with Crippen LogP contribution in [0.15, 0.2) is 48.5 Å². The Morgan fingerprint density at radius 1 is 0.920 bits per heavy atom. The Balaban J connectivity index is 1.82. The minimum Gasteiger partial charge on any atom is -0.484 e. The number of urea groups is 1. The molecule has 0 bridgehead atoms. The van der Waals surface area contributed by atoms with Gasteiger partial charge in [-0.15, -0.1) is 0 Å². The molecule has 0 fully saturated rings. The third-order valence-corrected chi connectivity index (χ3v) is 3.57. The molecule has 3 N–H and O–H groups in total. The summed E-state index contributed by atoms with van der Waals surface area (Å²) in [5.74, 6) is 0.864. The summed E-state index contributed by atoms with van der Waals surface area (Å²) in [6.07, 6.45) is 0. The van der Waals surface area contributed by atoms with E-state index in [-0.39, 0.29) is 18.5 Å². The number of carbonyl (C=O) groups is 2. The van der Waals surface area contributed by atoms with Crippen molar-refractivity contribution < 1.29 is 14.3 Å². The zero-order valence-electron chi connectivity index (χ0n) is 14.6. The maximum absolute atomic E-state index is 12.0. The standard InChI is InChI=1S/C19H23N3O3/c1-13(2)14-4-10-17(11-5-14)25-12-18(23)21-15-6-8-16(9-7-15)22-19(24)20-3/h4-11,13H,12H2,1-3H3,(H,21,23)(H2,20,22,24). The molecule has 2 aromatic carbocycles. The lowest BCUT2D eigenvalue weighted by Crippen LogP contribution is -2.24. The second-order valence-electron chi connectivity index (χ2n) is 5.84. The average molecular weight is 341 g/mol. The van der Waals surface area contributed by atoms with Gasteiger partial charge in [-0.05, 0) is 47.9 Å². The minimum absolute atomic E-state index is 0.0702. The predicted octanol–water partition coefficient (Wildman–Crippen LogP) is 3.58. The van der Waals surface area contributed by atoms with Gasteiger partial charge in [-0.2, -0.15) is 0 Å². The molecular formula is C19H23N3O3. The lowest BCUT2D eigenvalue weighted by Gasteiger charge is -2.10. The van der Waals surface area contributed by atoms with Gasteiger partial charge in [0.2, 0.25) is 0 Å². The molecule has 3 amide bonds. The molecule has 0 unspecified atom stereocenters. The van der Waals surface area contributed by atoms with E-state index in [0.29, 0.717) is 23.0 Å². The molecule has 2 rings (SSSR count). The van der Waals surface area contributed by atoms with Crippen LogP contribution in [0.3, 0.4) is 0 Å². The number of hydrogen-bond acceptors (Lipinski definition) is 3. The average Bonchev–Trinajstić information content (AvgIpc) is 2.62. The van der Waals surface area contributed by atoms with Crippen LogP contribution in [0, 0.1) is 0 Å². The second-order valence-corrected chi connectivity index (χ2v) is 5.84. The highest BCUT2D eigenvalue weighted by Gasteiger charge is 2.05. The van der Waals surface area contributed by atoms with Gasteiger partial charge in [0.25, 0.3) is 5.91 Å². The minimum atomic E-state index is -0.298. The molecule has 0 aliphatic carbocycles. The zero-order valence-corrected chi connectivity index (χ0v) is 14.6. The number of hydrogen-bond donors (Lipinski definition) is 3. The first-order valence-electron chi connectivity index (χ1n) is 8.09. The van der Waals surface area contributed by atoms with Crippen LogP contribution < -0.4 is 20.7 Å². The molecule has 0 aliphatic heterocycles. The van der Waals surface area contributed by atoms with E-state index in [2.05, 4.69) is 29.8 Å². The molecule has 0 saturated heterocycles. The van der Waals surface area contributed by atoms with E-state index in [4.69, 9.17) is 4.74 Å². The summed E-state index contributed by atoms with van der Waals surface area (Å²) in [6, 6.07) is 14.2. The van der Waals surface area contributed by atoms with Gasteiger partial charge in [0.15, 0.2) is 6.61 Å². The highest BCUT2D eigenvalue weighted by molar-refractivity contribution is 5.93. The van der Waals surface area contributed by atoms with E-state index in [1.165, 1.54) is 5.56 Å². The van der Waals surface area contributed by atoms with Crippen molar-refractivity contribution >= 4 is 23.3 Å². The topological polar surface area (TPSA) is 79.5 Å². The highest BCUT2D eigenvalue weighted by atomic mass is 16.5. The van der Waals surface area contributed by atoms with Crippen LogP contribution in [0.25, 0.3) is 0 Å². The first-order valence-corrected chi connectivity index (χ1v) is 8.09. The number of ether oxygens (including phenoxy) is 1. The Hall–Kier alpha value is -3.02. The predicted molar refractivity (Wildman–Crippen MR) is 99.2 cm³/mol. The van der Waals surface area contributed by atoms with Gasteiger partial charge in [-0.25, -0.2) is 4.79 Å². The maximum Gasteiger partial charge on any atom is 0.318 e. The number of amides is 3. The van der Waals surface area contributed by atoms with E-state index in [9.17, 15) is 9.59 Å². The Labute approximate surface area is 147 Å². The largest absolute Gasteiger partial charge is 0.484 e. The van der Waals surface area contributed by atoms with E-state index in [1.54, 1.807) is 31.3 Å². The summed E-state index contributed by atoms with van der Waals surface area (Å²) in [5, 5.41) is 7.85. The fourth-order valence-corrected chi connectivity index (χ4v) is 2.13. The van der Waals surface area contributed by atoms with Crippen molar-refractivity contribution in [3.05, 3.63) is 54.1 Å². The lowest BCUT2D eigenvalue weighted by molar-refractivity contribution is -0.118. The van der Waals surface area contributed by atoms with Crippen LogP contribution in [0.4, 0.5) is 16.2 Å². The number of benzene rings is 2. The number of anilines is 2. The summed E-state index contributed by atoms with van der Waals surface area (Å²) >= 11 is 0. The first-order chi connectivity index (χ1) is 12.0. The van der Waals surface area contributed by atoms with E-state index in [1.807, 2.05) is 24.3 Å². The van der Waals surface area contributed by atoms with Gasteiger partial charge in [-0.3, -0.25) is 4.79 Å². The fourth-order valence-electron chi connectivity index (χ4n) is 2.13. The van der Waals surface area contributed by atoms with Crippen LogP contribution in [-0.2, 0) is 4.79 Å². The van der Waals surface area contributed by atoms with Gasteiger partial charge in [0.05, 0.1) is 0 Å². The summed E-state index contributed by atoms with van der Waals surface area (Å²) in [5.41, 5.74) is 2.49. The van der Waals surface area contributed by atoms with Gasteiger partial charge < -0.3 is 20.7 Å². The van der Waals surface area contributed by atoms with Crippen LogP contribution in [0.1, 0.15) is 25.3 Å². The third-order valence-electron chi connectivity index (χ3n) is 3.57. The highest BCUT2D eigenvalue weighted by Crippen LogP contribution is 2.18. The Bertz CT molecular complexity index is 710. The molecule has 0 heterocycles. The monoisotopic (exact) mass is 341 g/mol. The number of carbonyl (C=O) groups excluding carboxylic acids is 2. The van der Waals surface area contributed by atoms with Crippen molar-refractivity contribution in [2.24, 2.45) is 0 Å². The Morgan fingerprint density at radius 2 is 1.48 bits per heavy atom. The summed E-state index contributed by atoms with van der Waals surface area (Å²) < 4.78 is 5.49. The van der Waals surface area contributed by atoms with Gasteiger partial charge >= 0.3 is 6.03 Å². The van der Waals surface area contributed by atoms with Crippen LogP contribution in [0.2, 0.25) is 0 Å². The first kappa shape index (κ1) is 18.3. The molecule has 25 heavy (non-hydrogen) atoms. The molecule has 132 valence electrons. The zero-order chi connectivity index (χ0) is 18.2. The molecule has 0 aromatic heterocycles. The van der Waals surface area contributed by atoms with E-state index in [0.717, 1.165) is 0 Å². The van der Waals surface area contributed by atoms with Crippen LogP contribution in [0.5, 0.6) is 5.75 Å². The Morgan fingerprint density at radius 3 is 2.00 bits per heavy atom. The third kappa shape index (κ3) is 5.84. The molecule has 0 atom stereocenters. The van der Waals surface area contributed by atoms with Crippen LogP contribution in [-0.4, -0.2) is 25.6 Å². The van der Waals surface area contributed by atoms with Crippen molar-refractivity contribution in [1.82, 2.24) is 5.32 Å². The fraction of sp³-hybridized carbons (Fsp3) is 0.263. The summed E-state index contributed by atoms with van der Waals surface area (Å²) in [7, 11) is 1.54. The molecule has 0 radical (unpaired) electrons. The van der Waals surface area contributed by atoms with E-state index < -0.39 is 0 Å². The number of nitrogens with one attached hydrogen (secondary N) is 3. The van der Waals surface area contributed by atoms with Gasteiger partial charge in [0.1, 0.15) is 5.75 Å². The summed E-state index contributed by atoms with van der Waals surface area (Å²) in [6.45, 7) is 4.18. The molecule has 6 nitrogen and oxygen atoms in total. The quantitative estimate of drug-likeness (QED) is 0.751. The molecule has 2 aromatic rings.